The zero-order valence-electron chi connectivity index (χ0n) is 21.4. The first-order valence-electron chi connectivity index (χ1n) is 12.4. The number of hydrogen-bond donors (Lipinski definition) is 0. The van der Waals surface area contributed by atoms with Crippen LogP contribution in [0.1, 0.15) is 11.1 Å². The number of benzene rings is 3. The van der Waals surface area contributed by atoms with Crippen LogP contribution in [0.3, 0.4) is 0 Å². The van der Waals surface area contributed by atoms with Gasteiger partial charge in [-0.05, 0) is 47.5 Å². The van der Waals surface area contributed by atoms with Crippen LogP contribution in [-0.4, -0.2) is 69.7 Å². The first-order chi connectivity index (χ1) is 18.3. The van der Waals surface area contributed by atoms with Crippen LogP contribution in [0.2, 0.25) is 5.02 Å². The van der Waals surface area contributed by atoms with Crippen molar-refractivity contribution in [1.29, 1.82) is 0 Å². The largest absolute Gasteiger partial charge is 0.484 e. The van der Waals surface area contributed by atoms with Gasteiger partial charge in [0.1, 0.15) is 5.75 Å². The zero-order valence-corrected chi connectivity index (χ0v) is 22.9. The van der Waals surface area contributed by atoms with Crippen molar-refractivity contribution in [3.63, 3.8) is 0 Å². The number of carbonyl (C=O) groups excluding carboxylic acids is 1. The maximum Gasteiger partial charge on any atom is 0.260 e. The Hall–Kier alpha value is -3.33. The molecule has 0 spiro atoms. The molecule has 1 aliphatic rings. The molecular weight excluding hydrogens is 522 g/mol. The van der Waals surface area contributed by atoms with E-state index in [0.717, 1.165) is 25.2 Å². The highest BCUT2D eigenvalue weighted by Gasteiger charge is 2.21. The third kappa shape index (κ3) is 8.08. The Morgan fingerprint density at radius 3 is 2.24 bits per heavy atom. The molecule has 1 fully saturated rings. The molecule has 4 rings (SSSR count). The van der Waals surface area contributed by atoms with Crippen molar-refractivity contribution in [3.05, 3.63) is 101 Å². The summed E-state index contributed by atoms with van der Waals surface area (Å²) in [7, 11) is -3.51. The van der Waals surface area contributed by atoms with E-state index in [-0.39, 0.29) is 19.1 Å². The fourth-order valence-corrected chi connectivity index (χ4v) is 5.20. The number of hydrogen-bond acceptors (Lipinski definition) is 5. The van der Waals surface area contributed by atoms with Crippen molar-refractivity contribution in [1.82, 2.24) is 9.80 Å². The predicted octanol–water partition coefficient (Wildman–Crippen LogP) is 4.54. The molecule has 1 saturated heterocycles. The molecule has 0 bridgehead atoms. The number of ether oxygens (including phenoxy) is 1. The summed E-state index contributed by atoms with van der Waals surface area (Å²) in [5.74, 6) is 0.445. The highest BCUT2D eigenvalue weighted by atomic mass is 35.5. The molecule has 0 saturated carbocycles. The van der Waals surface area contributed by atoms with Gasteiger partial charge >= 0.3 is 0 Å². The van der Waals surface area contributed by atoms with E-state index in [0.29, 0.717) is 29.5 Å². The molecule has 38 heavy (non-hydrogen) atoms. The van der Waals surface area contributed by atoms with Crippen molar-refractivity contribution in [2.24, 2.45) is 0 Å². The first-order valence-corrected chi connectivity index (χ1v) is 14.7. The molecule has 0 atom stereocenters. The summed E-state index contributed by atoms with van der Waals surface area (Å²) in [5, 5.41) is 0.591. The van der Waals surface area contributed by atoms with E-state index < -0.39 is 10.0 Å². The lowest BCUT2D eigenvalue weighted by Gasteiger charge is -2.34. The number of sulfonamides is 1. The summed E-state index contributed by atoms with van der Waals surface area (Å²) < 4.78 is 31.9. The quantitative estimate of drug-likeness (QED) is 0.368. The standard InChI is InChI=1S/C29H32ClN3O4S/c1-38(35,36)33(22-25-9-11-26(30)12-10-25)27-13-15-28(16-14-27)37-23-29(34)32-20-18-31(19-21-32)17-5-8-24-6-3-2-4-7-24/h2-16H,17-23H2,1H3/b8-5+. The van der Waals surface area contributed by atoms with Gasteiger partial charge in [-0.1, -0.05) is 66.2 Å². The summed E-state index contributed by atoms with van der Waals surface area (Å²) in [6.45, 7) is 3.92. The monoisotopic (exact) mass is 553 g/mol. The molecule has 1 amide bonds. The fourth-order valence-electron chi connectivity index (χ4n) is 4.18. The van der Waals surface area contributed by atoms with E-state index in [1.54, 1.807) is 48.5 Å². The normalized spacial score (nSPS) is 14.5. The Morgan fingerprint density at radius 2 is 1.61 bits per heavy atom. The highest BCUT2D eigenvalue weighted by molar-refractivity contribution is 7.92. The van der Waals surface area contributed by atoms with Gasteiger partial charge in [0.25, 0.3) is 5.91 Å². The molecule has 7 nitrogen and oxygen atoms in total. The predicted molar refractivity (Wildman–Crippen MR) is 153 cm³/mol. The maximum atomic E-state index is 12.7. The van der Waals surface area contributed by atoms with E-state index in [1.807, 2.05) is 23.1 Å². The van der Waals surface area contributed by atoms with Crippen molar-refractivity contribution in [3.8, 4) is 5.75 Å². The van der Waals surface area contributed by atoms with E-state index in [4.69, 9.17) is 16.3 Å². The third-order valence-electron chi connectivity index (χ3n) is 6.33. The highest BCUT2D eigenvalue weighted by Crippen LogP contribution is 2.24. The summed E-state index contributed by atoms with van der Waals surface area (Å²) in [4.78, 5) is 16.8. The van der Waals surface area contributed by atoms with Crippen LogP contribution >= 0.6 is 11.6 Å². The van der Waals surface area contributed by atoms with E-state index in [2.05, 4.69) is 29.2 Å². The van der Waals surface area contributed by atoms with Crippen LogP contribution in [0.5, 0.6) is 5.75 Å². The molecule has 1 aliphatic heterocycles. The van der Waals surface area contributed by atoms with Gasteiger partial charge < -0.3 is 9.64 Å². The van der Waals surface area contributed by atoms with Gasteiger partial charge in [0, 0.05) is 37.7 Å². The van der Waals surface area contributed by atoms with Crippen molar-refractivity contribution >= 4 is 39.3 Å². The zero-order chi connectivity index (χ0) is 27.0. The Bertz CT molecular complexity index is 1320. The SMILES string of the molecule is CS(=O)(=O)N(Cc1ccc(Cl)cc1)c1ccc(OCC(=O)N2CCN(C/C=C/c3ccccc3)CC2)cc1. The molecular formula is C29H32ClN3O4S. The molecule has 3 aromatic rings. The number of halogens is 1. The van der Waals surface area contributed by atoms with Crippen LogP contribution in [-0.2, 0) is 21.4 Å². The third-order valence-corrected chi connectivity index (χ3v) is 7.72. The Morgan fingerprint density at radius 1 is 0.947 bits per heavy atom. The van der Waals surface area contributed by atoms with E-state index >= 15 is 0 Å². The fraction of sp³-hybridized carbons (Fsp3) is 0.276. The Labute approximate surface area is 229 Å². The van der Waals surface area contributed by atoms with Crippen molar-refractivity contribution in [2.75, 3.05) is 49.9 Å². The molecule has 0 aromatic heterocycles. The van der Waals surface area contributed by atoms with Crippen LogP contribution in [0, 0.1) is 0 Å². The number of nitrogens with zero attached hydrogens (tertiary/aromatic N) is 3. The number of rotatable bonds is 10. The van der Waals surface area contributed by atoms with Gasteiger partial charge in [0.05, 0.1) is 18.5 Å². The average Bonchev–Trinajstić information content (AvgIpc) is 2.92. The van der Waals surface area contributed by atoms with Gasteiger partial charge in [-0.2, -0.15) is 0 Å². The second kappa shape index (κ2) is 13.0. The molecule has 1 heterocycles. The minimum Gasteiger partial charge on any atom is -0.484 e. The molecule has 200 valence electrons. The first kappa shape index (κ1) is 27.7. The summed E-state index contributed by atoms with van der Waals surface area (Å²) in [6.07, 6.45) is 5.44. The molecule has 0 aliphatic carbocycles. The Kier molecular flexibility index (Phi) is 9.44. The van der Waals surface area contributed by atoms with Crippen LogP contribution in [0.15, 0.2) is 84.9 Å². The van der Waals surface area contributed by atoms with E-state index in [9.17, 15) is 13.2 Å². The average molecular weight is 554 g/mol. The lowest BCUT2D eigenvalue weighted by atomic mass is 10.2. The van der Waals surface area contributed by atoms with Crippen LogP contribution < -0.4 is 9.04 Å². The second-order valence-electron chi connectivity index (χ2n) is 9.17. The van der Waals surface area contributed by atoms with Crippen LogP contribution in [0.25, 0.3) is 6.08 Å². The molecule has 0 radical (unpaired) electrons. The van der Waals surface area contributed by atoms with Gasteiger partial charge in [-0.25, -0.2) is 8.42 Å². The summed E-state index contributed by atoms with van der Waals surface area (Å²) in [6, 6.07) is 24.0. The minimum atomic E-state index is -3.51. The lowest BCUT2D eigenvalue weighted by molar-refractivity contribution is -0.135. The number of anilines is 1. The molecule has 0 unspecified atom stereocenters. The lowest BCUT2D eigenvalue weighted by Crippen LogP contribution is -2.49. The van der Waals surface area contributed by atoms with Crippen molar-refractivity contribution in [2.45, 2.75) is 6.54 Å². The van der Waals surface area contributed by atoms with Crippen LogP contribution in [0.4, 0.5) is 5.69 Å². The molecule has 9 heteroatoms. The number of piperazine rings is 1. The molecule has 3 aromatic carbocycles. The summed E-state index contributed by atoms with van der Waals surface area (Å²) in [5.41, 5.74) is 2.51. The number of amides is 1. The number of carbonyl (C=O) groups is 1. The van der Waals surface area contributed by atoms with Gasteiger partial charge in [-0.15, -0.1) is 0 Å². The van der Waals surface area contributed by atoms with E-state index in [1.165, 1.54) is 16.1 Å². The van der Waals surface area contributed by atoms with Crippen molar-refractivity contribution < 1.29 is 17.9 Å². The smallest absolute Gasteiger partial charge is 0.260 e. The topological polar surface area (TPSA) is 70.2 Å². The molecule has 0 N–H and O–H groups in total. The summed E-state index contributed by atoms with van der Waals surface area (Å²) >= 11 is 5.94. The Balaban J connectivity index is 1.25. The second-order valence-corrected chi connectivity index (χ2v) is 11.5. The maximum absolute atomic E-state index is 12.7. The van der Waals surface area contributed by atoms with Gasteiger partial charge in [0.15, 0.2) is 6.61 Å². The van der Waals surface area contributed by atoms with Gasteiger partial charge in [0.2, 0.25) is 10.0 Å². The minimum absolute atomic E-state index is 0.0611. The van der Waals surface area contributed by atoms with Gasteiger partial charge in [-0.3, -0.25) is 14.0 Å².